The maximum atomic E-state index is 11.7. The van der Waals surface area contributed by atoms with Crippen molar-refractivity contribution in [1.29, 1.82) is 0 Å². The molecule has 1 rings (SSSR count). The average Bonchev–Trinajstić information content (AvgIpc) is 2.26. The van der Waals surface area contributed by atoms with Crippen LogP contribution in [0.3, 0.4) is 0 Å². The fourth-order valence-electron chi connectivity index (χ4n) is 1.14. The van der Waals surface area contributed by atoms with E-state index in [4.69, 9.17) is 16.7 Å². The molecule has 0 saturated heterocycles. The normalized spacial score (nSPS) is 12.6. The molecule has 0 saturated carbocycles. The molecule has 1 heterocycles. The molecule has 2 N–H and O–H groups in total. The molecule has 0 radical (unpaired) electrons. The van der Waals surface area contributed by atoms with Crippen molar-refractivity contribution in [3.05, 3.63) is 22.7 Å². The molecule has 6 heteroatoms. The van der Waals surface area contributed by atoms with Crippen LogP contribution in [0.2, 0.25) is 5.02 Å². The first-order valence-corrected chi connectivity index (χ1v) is 5.78. The molecule has 17 heavy (non-hydrogen) atoms. The van der Waals surface area contributed by atoms with Gasteiger partial charge in [0.1, 0.15) is 11.5 Å². The molecule has 94 valence electrons. The Kier molecular flexibility index (Phi) is 4.84. The molecule has 0 aliphatic heterocycles. The van der Waals surface area contributed by atoms with E-state index in [0.717, 1.165) is 0 Å². The fourth-order valence-corrected chi connectivity index (χ4v) is 1.32. The topological polar surface area (TPSA) is 75.1 Å². The van der Waals surface area contributed by atoms with Crippen LogP contribution in [0.1, 0.15) is 43.0 Å². The molecule has 1 amide bonds. The molecule has 0 aliphatic rings. The summed E-state index contributed by atoms with van der Waals surface area (Å²) in [6.45, 7) is 5.61. The zero-order chi connectivity index (χ0) is 13.0. The number of nitrogens with one attached hydrogen (secondary N) is 1. The number of halogens is 1. The van der Waals surface area contributed by atoms with Gasteiger partial charge in [-0.3, -0.25) is 4.79 Å². The number of rotatable bonds is 4. The van der Waals surface area contributed by atoms with Gasteiger partial charge in [-0.2, -0.15) is 0 Å². The molecule has 0 spiro atoms. The Morgan fingerprint density at radius 1 is 1.53 bits per heavy atom. The van der Waals surface area contributed by atoms with Crippen molar-refractivity contribution >= 4 is 17.5 Å². The Hall–Kier alpha value is -1.20. The average molecular weight is 258 g/mol. The van der Waals surface area contributed by atoms with Crippen LogP contribution in [0.25, 0.3) is 0 Å². The molecular formula is C11H16ClN3O2. The first-order valence-electron chi connectivity index (χ1n) is 5.40. The summed E-state index contributed by atoms with van der Waals surface area (Å²) >= 11 is 5.86. The van der Waals surface area contributed by atoms with Gasteiger partial charge in [-0.15, -0.1) is 0 Å². The lowest BCUT2D eigenvalue weighted by molar-refractivity contribution is 0.0918. The molecule has 0 aliphatic carbocycles. The van der Waals surface area contributed by atoms with E-state index in [1.54, 1.807) is 6.92 Å². The highest BCUT2D eigenvalue weighted by Gasteiger charge is 2.15. The van der Waals surface area contributed by atoms with E-state index in [1.807, 2.05) is 13.8 Å². The number of amides is 1. The third kappa shape index (κ3) is 3.94. The highest BCUT2D eigenvalue weighted by molar-refractivity contribution is 6.33. The van der Waals surface area contributed by atoms with Gasteiger partial charge < -0.3 is 10.4 Å². The maximum absolute atomic E-state index is 11.7. The zero-order valence-corrected chi connectivity index (χ0v) is 10.8. The van der Waals surface area contributed by atoms with Crippen LogP contribution in [0.15, 0.2) is 6.20 Å². The van der Waals surface area contributed by atoms with E-state index < -0.39 is 12.0 Å². The Labute approximate surface area is 105 Å². The summed E-state index contributed by atoms with van der Waals surface area (Å²) in [6, 6.07) is 0. The molecule has 0 aromatic carbocycles. The predicted molar refractivity (Wildman–Crippen MR) is 65.1 cm³/mol. The summed E-state index contributed by atoms with van der Waals surface area (Å²) in [5.74, 6) is 0.285. The highest BCUT2D eigenvalue weighted by Crippen LogP contribution is 2.16. The number of aromatic nitrogens is 2. The lowest BCUT2D eigenvalue weighted by Crippen LogP contribution is -2.31. The van der Waals surface area contributed by atoms with Gasteiger partial charge in [0.2, 0.25) is 0 Å². The summed E-state index contributed by atoms with van der Waals surface area (Å²) in [5.41, 5.74) is 0.144. The van der Waals surface area contributed by atoms with Crippen LogP contribution in [0.5, 0.6) is 0 Å². The zero-order valence-electron chi connectivity index (χ0n) is 10.1. The Morgan fingerprint density at radius 2 is 2.18 bits per heavy atom. The van der Waals surface area contributed by atoms with Crippen molar-refractivity contribution in [3.63, 3.8) is 0 Å². The number of carbonyl (C=O) groups is 1. The number of nitrogens with zero attached hydrogens (tertiary/aromatic N) is 2. The molecule has 1 aromatic heterocycles. The van der Waals surface area contributed by atoms with Crippen molar-refractivity contribution in [3.8, 4) is 0 Å². The van der Waals surface area contributed by atoms with Gasteiger partial charge in [0.25, 0.3) is 5.91 Å². The minimum absolute atomic E-state index is 0.121. The van der Waals surface area contributed by atoms with Crippen LogP contribution >= 0.6 is 11.6 Å². The van der Waals surface area contributed by atoms with Crippen LogP contribution in [-0.4, -0.2) is 33.6 Å². The van der Waals surface area contributed by atoms with E-state index in [9.17, 15) is 4.79 Å². The summed E-state index contributed by atoms with van der Waals surface area (Å²) in [6.07, 6.45) is 0.811. The molecule has 0 unspecified atom stereocenters. The smallest absolute Gasteiger partial charge is 0.271 e. The largest absolute Gasteiger partial charge is 0.392 e. The van der Waals surface area contributed by atoms with Gasteiger partial charge in [-0.05, 0) is 6.92 Å². The van der Waals surface area contributed by atoms with Crippen molar-refractivity contribution in [1.82, 2.24) is 15.3 Å². The van der Waals surface area contributed by atoms with Crippen LogP contribution in [0.4, 0.5) is 0 Å². The number of carbonyl (C=O) groups excluding carboxylic acids is 1. The number of aliphatic hydroxyl groups excluding tert-OH is 1. The number of aliphatic hydroxyl groups is 1. The van der Waals surface area contributed by atoms with E-state index in [1.165, 1.54) is 6.20 Å². The van der Waals surface area contributed by atoms with Crippen molar-refractivity contribution in [2.24, 2.45) is 0 Å². The number of hydrogen-bond donors (Lipinski definition) is 2. The molecule has 5 nitrogen and oxygen atoms in total. The predicted octanol–water partition coefficient (Wildman–Crippen LogP) is 1.36. The Balaban J connectivity index is 2.88. The summed E-state index contributed by atoms with van der Waals surface area (Å²) in [7, 11) is 0. The Morgan fingerprint density at radius 3 is 2.71 bits per heavy atom. The van der Waals surface area contributed by atoms with Crippen LogP contribution < -0.4 is 5.32 Å². The molecular weight excluding hydrogens is 242 g/mol. The minimum atomic E-state index is -0.607. The lowest BCUT2D eigenvalue weighted by Gasteiger charge is -2.09. The third-order valence-corrected chi connectivity index (χ3v) is 2.33. The second-order valence-electron chi connectivity index (χ2n) is 4.14. The van der Waals surface area contributed by atoms with Gasteiger partial charge >= 0.3 is 0 Å². The van der Waals surface area contributed by atoms with Crippen molar-refractivity contribution in [2.45, 2.75) is 32.8 Å². The van der Waals surface area contributed by atoms with Gasteiger partial charge in [0.05, 0.1) is 17.3 Å². The first kappa shape index (κ1) is 13.9. The standard InChI is InChI=1S/C11H16ClN3O2/c1-6(2)10-13-5-8(12)9(15-10)11(17)14-4-7(3)16/h5-7,16H,4H2,1-3H3,(H,14,17)/t7-/m0/s1. The molecule has 1 atom stereocenters. The molecule has 0 bridgehead atoms. The van der Waals surface area contributed by atoms with Crippen LogP contribution in [0, 0.1) is 0 Å². The first-order chi connectivity index (χ1) is 7.91. The summed E-state index contributed by atoms with van der Waals surface area (Å²) in [4.78, 5) is 19.9. The second kappa shape index (κ2) is 5.93. The van der Waals surface area contributed by atoms with E-state index >= 15 is 0 Å². The van der Waals surface area contributed by atoms with Gasteiger partial charge in [0, 0.05) is 12.5 Å². The second-order valence-corrected chi connectivity index (χ2v) is 4.55. The minimum Gasteiger partial charge on any atom is -0.392 e. The summed E-state index contributed by atoms with van der Waals surface area (Å²) in [5, 5.41) is 11.8. The van der Waals surface area contributed by atoms with Gasteiger partial charge in [-0.1, -0.05) is 25.4 Å². The summed E-state index contributed by atoms with van der Waals surface area (Å²) < 4.78 is 0. The van der Waals surface area contributed by atoms with E-state index in [-0.39, 0.29) is 23.2 Å². The fraction of sp³-hybridized carbons (Fsp3) is 0.545. The monoisotopic (exact) mass is 257 g/mol. The third-order valence-electron chi connectivity index (χ3n) is 2.05. The molecule has 1 aromatic rings. The van der Waals surface area contributed by atoms with Crippen LogP contribution in [-0.2, 0) is 0 Å². The quantitative estimate of drug-likeness (QED) is 0.854. The van der Waals surface area contributed by atoms with E-state index in [0.29, 0.717) is 5.82 Å². The highest BCUT2D eigenvalue weighted by atomic mass is 35.5. The SMILES string of the molecule is CC(C)c1ncc(Cl)c(C(=O)NC[C@H](C)O)n1. The lowest BCUT2D eigenvalue weighted by atomic mass is 10.2. The van der Waals surface area contributed by atoms with Crippen molar-refractivity contribution in [2.75, 3.05) is 6.54 Å². The Bertz CT molecular complexity index is 408. The number of hydrogen-bond acceptors (Lipinski definition) is 4. The van der Waals surface area contributed by atoms with Gasteiger partial charge in [0.15, 0.2) is 0 Å². The van der Waals surface area contributed by atoms with Gasteiger partial charge in [-0.25, -0.2) is 9.97 Å². The van der Waals surface area contributed by atoms with E-state index in [2.05, 4.69) is 15.3 Å². The molecule has 0 fully saturated rings. The maximum Gasteiger partial charge on any atom is 0.271 e. The van der Waals surface area contributed by atoms with Crippen molar-refractivity contribution < 1.29 is 9.90 Å².